The van der Waals surface area contributed by atoms with Gasteiger partial charge in [0.2, 0.25) is 0 Å². The smallest absolute Gasteiger partial charge is 0.310 e. The van der Waals surface area contributed by atoms with Crippen LogP contribution in [0.25, 0.3) is 5.69 Å². The highest BCUT2D eigenvalue weighted by atomic mass is 19.1. The summed E-state index contributed by atoms with van der Waals surface area (Å²) in [6.45, 7) is 2.91. The number of halogens is 1. The molecule has 1 fully saturated rings. The lowest BCUT2D eigenvalue weighted by Gasteiger charge is -2.31. The molecule has 1 saturated heterocycles. The Morgan fingerprint density at radius 1 is 1.19 bits per heavy atom. The Bertz CT molecular complexity index is 892. The Kier molecular flexibility index (Phi) is 5.69. The second-order valence-electron chi connectivity index (χ2n) is 6.44. The van der Waals surface area contributed by atoms with Gasteiger partial charge in [0.05, 0.1) is 18.1 Å². The Morgan fingerprint density at radius 3 is 2.63 bits per heavy atom. The summed E-state index contributed by atoms with van der Waals surface area (Å²) in [4.78, 5) is 38.6. The molecule has 1 atom stereocenters. The fourth-order valence-corrected chi connectivity index (χ4v) is 3.21. The van der Waals surface area contributed by atoms with Crippen LogP contribution in [0.3, 0.4) is 0 Å². The molecule has 1 amide bonds. The van der Waals surface area contributed by atoms with Gasteiger partial charge < -0.3 is 9.64 Å². The van der Waals surface area contributed by atoms with Crippen molar-refractivity contribution >= 4 is 11.9 Å². The molecule has 0 saturated carbocycles. The van der Waals surface area contributed by atoms with Gasteiger partial charge in [0.25, 0.3) is 11.5 Å². The van der Waals surface area contributed by atoms with Crippen LogP contribution in [0.15, 0.2) is 47.4 Å². The molecule has 2 aromatic rings. The number of aromatic nitrogens is 1. The van der Waals surface area contributed by atoms with Crippen molar-refractivity contribution in [1.82, 2.24) is 9.47 Å². The summed E-state index contributed by atoms with van der Waals surface area (Å²) in [5.41, 5.74) is 0.490. The third-order valence-corrected chi connectivity index (χ3v) is 4.59. The van der Waals surface area contributed by atoms with Crippen molar-refractivity contribution < 1.29 is 18.7 Å². The van der Waals surface area contributed by atoms with Gasteiger partial charge in [-0.05, 0) is 50.1 Å². The predicted octanol–water partition coefficient (Wildman–Crippen LogP) is 2.39. The van der Waals surface area contributed by atoms with E-state index in [1.54, 1.807) is 11.8 Å². The van der Waals surface area contributed by atoms with Crippen molar-refractivity contribution in [3.63, 3.8) is 0 Å². The third kappa shape index (κ3) is 4.24. The van der Waals surface area contributed by atoms with Crippen molar-refractivity contribution in [1.29, 1.82) is 0 Å². The van der Waals surface area contributed by atoms with E-state index in [1.807, 2.05) is 0 Å². The zero-order chi connectivity index (χ0) is 19.4. The van der Waals surface area contributed by atoms with Crippen LogP contribution in [-0.4, -0.2) is 41.0 Å². The number of carbonyl (C=O) groups excluding carboxylic acids is 2. The highest BCUT2D eigenvalue weighted by molar-refractivity contribution is 5.94. The number of ether oxygens (including phenoxy) is 1. The summed E-state index contributed by atoms with van der Waals surface area (Å²) in [6.07, 6.45) is 2.86. The first-order valence-electron chi connectivity index (χ1n) is 8.94. The SMILES string of the molecule is CCOC(=O)C1CCCN(C(=O)c2ccc(=O)n(-c3ccc(F)cc3)c2)C1. The molecule has 3 rings (SSSR count). The van der Waals surface area contributed by atoms with Crippen LogP contribution in [0.5, 0.6) is 0 Å². The van der Waals surface area contributed by atoms with Gasteiger partial charge in [0.1, 0.15) is 5.82 Å². The number of benzene rings is 1. The van der Waals surface area contributed by atoms with Crippen molar-refractivity contribution in [3.8, 4) is 5.69 Å². The van der Waals surface area contributed by atoms with Crippen molar-refractivity contribution in [2.75, 3.05) is 19.7 Å². The number of carbonyl (C=O) groups is 2. The maximum absolute atomic E-state index is 13.1. The van der Waals surface area contributed by atoms with E-state index in [2.05, 4.69) is 0 Å². The van der Waals surface area contributed by atoms with Crippen LogP contribution >= 0.6 is 0 Å². The molecule has 7 heteroatoms. The van der Waals surface area contributed by atoms with E-state index < -0.39 is 5.82 Å². The van der Waals surface area contributed by atoms with E-state index in [-0.39, 0.29) is 23.4 Å². The summed E-state index contributed by atoms with van der Waals surface area (Å²) >= 11 is 0. The first kappa shape index (κ1) is 18.8. The monoisotopic (exact) mass is 372 g/mol. The van der Waals surface area contributed by atoms with E-state index >= 15 is 0 Å². The minimum atomic E-state index is -0.405. The van der Waals surface area contributed by atoms with Crippen molar-refractivity contribution in [3.05, 3.63) is 64.3 Å². The third-order valence-electron chi connectivity index (χ3n) is 4.59. The quantitative estimate of drug-likeness (QED) is 0.773. The maximum Gasteiger partial charge on any atom is 0.310 e. The van der Waals surface area contributed by atoms with Crippen LogP contribution < -0.4 is 5.56 Å². The lowest BCUT2D eigenvalue weighted by Crippen LogP contribution is -2.43. The number of rotatable bonds is 4. The summed E-state index contributed by atoms with van der Waals surface area (Å²) in [5, 5.41) is 0. The van der Waals surface area contributed by atoms with Gasteiger partial charge in [-0.1, -0.05) is 0 Å². The molecule has 0 aliphatic carbocycles. The first-order chi connectivity index (χ1) is 13.0. The standard InChI is InChI=1S/C20H21FN2O4/c1-2-27-20(26)15-4-3-11-22(12-15)19(25)14-5-10-18(24)23(13-14)17-8-6-16(21)7-9-17/h5-10,13,15H,2-4,11-12H2,1H3. The molecule has 1 aliphatic heterocycles. The van der Waals surface area contributed by atoms with Crippen LogP contribution in [0, 0.1) is 11.7 Å². The summed E-state index contributed by atoms with van der Waals surface area (Å²) in [6, 6.07) is 8.24. The van der Waals surface area contributed by atoms with Gasteiger partial charge in [-0.2, -0.15) is 0 Å². The normalized spacial score (nSPS) is 16.8. The number of esters is 1. The number of likely N-dealkylation sites (tertiary alicyclic amines) is 1. The predicted molar refractivity (Wildman–Crippen MR) is 97.3 cm³/mol. The molecule has 1 unspecified atom stereocenters. The highest BCUT2D eigenvalue weighted by Crippen LogP contribution is 2.20. The molecule has 1 aliphatic rings. The summed E-state index contributed by atoms with van der Waals surface area (Å²) in [7, 11) is 0. The first-order valence-corrected chi connectivity index (χ1v) is 8.94. The van der Waals surface area contributed by atoms with Gasteiger partial charge >= 0.3 is 5.97 Å². The number of pyridine rings is 1. The molecule has 1 aromatic carbocycles. The number of amides is 1. The lowest BCUT2D eigenvalue weighted by atomic mass is 9.97. The number of hydrogen-bond donors (Lipinski definition) is 0. The van der Waals surface area contributed by atoms with Crippen molar-refractivity contribution in [2.45, 2.75) is 19.8 Å². The van der Waals surface area contributed by atoms with E-state index in [0.717, 1.165) is 0 Å². The van der Waals surface area contributed by atoms with Gasteiger partial charge in [0.15, 0.2) is 0 Å². The van der Waals surface area contributed by atoms with E-state index in [1.165, 1.54) is 47.2 Å². The second kappa shape index (κ2) is 8.16. The number of nitrogens with zero attached hydrogens (tertiary/aromatic N) is 2. The minimum absolute atomic E-state index is 0.250. The van der Waals surface area contributed by atoms with Gasteiger partial charge in [-0.25, -0.2) is 4.39 Å². The fraction of sp³-hybridized carbons (Fsp3) is 0.350. The molecule has 0 radical (unpaired) electrons. The average Bonchev–Trinajstić information content (AvgIpc) is 2.69. The Hall–Kier alpha value is -2.96. The molecular formula is C20H21FN2O4. The maximum atomic E-state index is 13.1. The summed E-state index contributed by atoms with van der Waals surface area (Å²) < 4.78 is 19.5. The van der Waals surface area contributed by atoms with E-state index in [9.17, 15) is 18.8 Å². The Balaban J connectivity index is 1.82. The Labute approximate surface area is 156 Å². The van der Waals surface area contributed by atoms with Gasteiger partial charge in [-0.15, -0.1) is 0 Å². The van der Waals surface area contributed by atoms with Crippen LogP contribution in [0.1, 0.15) is 30.1 Å². The molecule has 0 spiro atoms. The molecule has 27 heavy (non-hydrogen) atoms. The molecule has 1 aromatic heterocycles. The highest BCUT2D eigenvalue weighted by Gasteiger charge is 2.30. The largest absolute Gasteiger partial charge is 0.466 e. The van der Waals surface area contributed by atoms with Crippen LogP contribution in [-0.2, 0) is 9.53 Å². The van der Waals surface area contributed by atoms with Crippen LogP contribution in [0.4, 0.5) is 4.39 Å². The topological polar surface area (TPSA) is 68.6 Å². The van der Waals surface area contributed by atoms with Gasteiger partial charge in [-0.3, -0.25) is 19.0 Å². The fourth-order valence-electron chi connectivity index (χ4n) is 3.21. The number of hydrogen-bond acceptors (Lipinski definition) is 4. The van der Waals surface area contributed by atoms with Crippen molar-refractivity contribution in [2.24, 2.45) is 5.92 Å². The zero-order valence-corrected chi connectivity index (χ0v) is 15.1. The van der Waals surface area contributed by atoms with E-state index in [4.69, 9.17) is 4.74 Å². The molecule has 2 heterocycles. The van der Waals surface area contributed by atoms with Crippen LogP contribution in [0.2, 0.25) is 0 Å². The second-order valence-corrected chi connectivity index (χ2v) is 6.44. The average molecular weight is 372 g/mol. The molecule has 142 valence electrons. The minimum Gasteiger partial charge on any atom is -0.466 e. The number of piperidine rings is 1. The zero-order valence-electron chi connectivity index (χ0n) is 15.1. The van der Waals surface area contributed by atoms with Gasteiger partial charge in [0, 0.05) is 31.0 Å². The molecule has 0 N–H and O–H groups in total. The molecule has 0 bridgehead atoms. The van der Waals surface area contributed by atoms with E-state index in [0.29, 0.717) is 43.8 Å². The molecular weight excluding hydrogens is 351 g/mol. The molecule has 6 nitrogen and oxygen atoms in total. The Morgan fingerprint density at radius 2 is 1.93 bits per heavy atom. The lowest BCUT2D eigenvalue weighted by molar-refractivity contribution is -0.149. The summed E-state index contributed by atoms with van der Waals surface area (Å²) in [5.74, 6) is -1.27.